The average Bonchev–Trinajstić information content (AvgIpc) is 1.85. The van der Waals surface area contributed by atoms with Gasteiger partial charge < -0.3 is 5.73 Å². The lowest BCUT2D eigenvalue weighted by Crippen LogP contribution is -1.99. The molecule has 0 aliphatic carbocycles. The fourth-order valence-corrected chi connectivity index (χ4v) is 0.756. The van der Waals surface area contributed by atoms with Crippen molar-refractivity contribution in [2.24, 2.45) is 5.73 Å². The lowest BCUT2D eigenvalue weighted by molar-refractivity contribution is 0.756. The molecule has 0 aromatic carbocycles. The Balaban J connectivity index is 3.06. The predicted octanol–water partition coefficient (Wildman–Crippen LogP) is 2.08. The van der Waals surface area contributed by atoms with E-state index >= 15 is 0 Å². The summed E-state index contributed by atoms with van der Waals surface area (Å²) in [6, 6.07) is 0. The van der Waals surface area contributed by atoms with Crippen LogP contribution in [0.1, 0.15) is 32.6 Å². The molecule has 0 fully saturated rings. The Kier molecular flexibility index (Phi) is 5.64. The Morgan fingerprint density at radius 1 is 1.44 bits per heavy atom. The summed E-state index contributed by atoms with van der Waals surface area (Å²) in [5, 5.41) is 0. The van der Waals surface area contributed by atoms with Gasteiger partial charge in [0.05, 0.1) is 0 Å². The molecule has 0 rings (SSSR count). The Hall–Kier alpha value is -0.300. The normalized spacial score (nSPS) is 9.56. The topological polar surface area (TPSA) is 26.0 Å². The Morgan fingerprint density at radius 2 is 2.11 bits per heavy atom. The molecule has 0 radical (unpaired) electrons. The van der Waals surface area contributed by atoms with E-state index in [9.17, 15) is 0 Å². The molecule has 0 aliphatic heterocycles. The van der Waals surface area contributed by atoms with Crippen molar-refractivity contribution >= 4 is 0 Å². The van der Waals surface area contributed by atoms with Crippen molar-refractivity contribution in [1.29, 1.82) is 0 Å². The highest BCUT2D eigenvalue weighted by Gasteiger charge is 1.89. The number of nitrogens with two attached hydrogens (primary N) is 1. The minimum Gasteiger partial charge on any atom is -0.330 e. The first kappa shape index (κ1) is 8.70. The Bertz CT molecular complexity index is 76.6. The van der Waals surface area contributed by atoms with Crippen LogP contribution in [0, 0.1) is 0 Å². The highest BCUT2D eigenvalue weighted by Crippen LogP contribution is 2.06. The maximum atomic E-state index is 5.34. The van der Waals surface area contributed by atoms with Crippen molar-refractivity contribution in [2.75, 3.05) is 6.54 Å². The number of hydrogen-bond donors (Lipinski definition) is 1. The first-order valence-corrected chi connectivity index (χ1v) is 3.68. The molecular formula is C8H17N. The second-order valence-corrected chi connectivity index (χ2v) is 2.39. The maximum Gasteiger partial charge on any atom is -0.00400 e. The molecule has 0 heterocycles. The summed E-state index contributed by atoms with van der Waals surface area (Å²) in [6.45, 7) is 6.84. The summed E-state index contributed by atoms with van der Waals surface area (Å²) in [7, 11) is 0. The van der Waals surface area contributed by atoms with Crippen LogP contribution in [-0.4, -0.2) is 6.54 Å². The molecule has 0 aliphatic rings. The highest BCUT2D eigenvalue weighted by molar-refractivity contribution is 4.93. The van der Waals surface area contributed by atoms with Crippen LogP contribution in [0.15, 0.2) is 12.2 Å². The van der Waals surface area contributed by atoms with Gasteiger partial charge in [-0.05, 0) is 25.8 Å². The molecular weight excluding hydrogens is 110 g/mol. The molecule has 0 aromatic rings. The zero-order chi connectivity index (χ0) is 7.11. The summed E-state index contributed by atoms with van der Waals surface area (Å²) >= 11 is 0. The van der Waals surface area contributed by atoms with Crippen molar-refractivity contribution in [2.45, 2.75) is 32.6 Å². The van der Waals surface area contributed by atoms with Crippen molar-refractivity contribution in [1.82, 2.24) is 0 Å². The molecule has 9 heavy (non-hydrogen) atoms. The van der Waals surface area contributed by atoms with Crippen molar-refractivity contribution < 1.29 is 0 Å². The highest BCUT2D eigenvalue weighted by atomic mass is 14.5. The second kappa shape index (κ2) is 5.83. The number of unbranched alkanes of at least 4 members (excludes halogenated alkanes) is 1. The van der Waals surface area contributed by atoms with E-state index in [0.29, 0.717) is 0 Å². The fraction of sp³-hybridized carbons (Fsp3) is 0.750. The van der Waals surface area contributed by atoms with E-state index in [1.807, 2.05) is 0 Å². The third-order valence-corrected chi connectivity index (χ3v) is 1.38. The average molecular weight is 127 g/mol. The monoisotopic (exact) mass is 127 g/mol. The molecule has 0 unspecified atom stereocenters. The van der Waals surface area contributed by atoms with Crippen LogP contribution in [0.25, 0.3) is 0 Å². The van der Waals surface area contributed by atoms with Gasteiger partial charge in [0.1, 0.15) is 0 Å². The van der Waals surface area contributed by atoms with Crippen LogP contribution in [-0.2, 0) is 0 Å². The molecule has 0 atom stereocenters. The van der Waals surface area contributed by atoms with E-state index < -0.39 is 0 Å². The summed E-state index contributed by atoms with van der Waals surface area (Å²) in [5.41, 5.74) is 6.65. The van der Waals surface area contributed by atoms with E-state index in [4.69, 9.17) is 5.73 Å². The van der Waals surface area contributed by atoms with Gasteiger partial charge in [-0.2, -0.15) is 0 Å². The van der Waals surface area contributed by atoms with Gasteiger partial charge in [-0.25, -0.2) is 0 Å². The first-order chi connectivity index (χ1) is 4.31. The summed E-state index contributed by atoms with van der Waals surface area (Å²) in [5.74, 6) is 0. The van der Waals surface area contributed by atoms with E-state index in [-0.39, 0.29) is 0 Å². The van der Waals surface area contributed by atoms with Gasteiger partial charge in [0.25, 0.3) is 0 Å². The van der Waals surface area contributed by atoms with Crippen molar-refractivity contribution in [3.63, 3.8) is 0 Å². The molecule has 0 bridgehead atoms. The third kappa shape index (κ3) is 5.57. The summed E-state index contributed by atoms with van der Waals surface area (Å²) in [6.07, 6.45) is 4.68. The third-order valence-electron chi connectivity index (χ3n) is 1.38. The minimum atomic E-state index is 0.753. The fourth-order valence-electron chi connectivity index (χ4n) is 0.756. The van der Waals surface area contributed by atoms with Gasteiger partial charge in [0, 0.05) is 0 Å². The minimum absolute atomic E-state index is 0.753. The second-order valence-electron chi connectivity index (χ2n) is 2.39. The standard InChI is InChI=1S/C8H17N/c1-3-4-5-8(2)6-7-9/h2-7,9H2,1H3. The largest absolute Gasteiger partial charge is 0.330 e. The molecule has 2 N–H and O–H groups in total. The van der Waals surface area contributed by atoms with Gasteiger partial charge >= 0.3 is 0 Å². The molecule has 0 spiro atoms. The van der Waals surface area contributed by atoms with E-state index in [0.717, 1.165) is 19.4 Å². The molecule has 0 saturated heterocycles. The Morgan fingerprint density at radius 3 is 2.56 bits per heavy atom. The molecule has 0 aromatic heterocycles. The van der Waals surface area contributed by atoms with Gasteiger partial charge in [0.15, 0.2) is 0 Å². The quantitative estimate of drug-likeness (QED) is 0.562. The molecule has 1 nitrogen and oxygen atoms in total. The van der Waals surface area contributed by atoms with Gasteiger partial charge in [-0.3, -0.25) is 0 Å². The maximum absolute atomic E-state index is 5.34. The first-order valence-electron chi connectivity index (χ1n) is 3.68. The number of hydrogen-bond acceptors (Lipinski definition) is 1. The van der Waals surface area contributed by atoms with E-state index in [2.05, 4.69) is 13.5 Å². The predicted molar refractivity (Wildman–Crippen MR) is 42.3 cm³/mol. The lowest BCUT2D eigenvalue weighted by atomic mass is 10.1. The van der Waals surface area contributed by atoms with Crippen molar-refractivity contribution in [3.8, 4) is 0 Å². The molecule has 54 valence electrons. The van der Waals surface area contributed by atoms with Crippen LogP contribution >= 0.6 is 0 Å². The van der Waals surface area contributed by atoms with E-state index in [1.54, 1.807) is 0 Å². The van der Waals surface area contributed by atoms with Crippen LogP contribution in [0.5, 0.6) is 0 Å². The van der Waals surface area contributed by atoms with Gasteiger partial charge in [0.2, 0.25) is 0 Å². The van der Waals surface area contributed by atoms with Gasteiger partial charge in [-0.1, -0.05) is 25.5 Å². The van der Waals surface area contributed by atoms with Crippen LogP contribution in [0.4, 0.5) is 0 Å². The lowest BCUT2D eigenvalue weighted by Gasteiger charge is -2.00. The summed E-state index contributed by atoms with van der Waals surface area (Å²) in [4.78, 5) is 0. The van der Waals surface area contributed by atoms with Crippen LogP contribution < -0.4 is 5.73 Å². The van der Waals surface area contributed by atoms with Crippen LogP contribution in [0.2, 0.25) is 0 Å². The molecule has 0 amide bonds. The van der Waals surface area contributed by atoms with Gasteiger partial charge in [-0.15, -0.1) is 0 Å². The molecule has 1 heteroatoms. The Labute approximate surface area is 57.9 Å². The van der Waals surface area contributed by atoms with Crippen molar-refractivity contribution in [3.05, 3.63) is 12.2 Å². The van der Waals surface area contributed by atoms with Crippen LogP contribution in [0.3, 0.4) is 0 Å². The zero-order valence-corrected chi connectivity index (χ0v) is 6.32. The van der Waals surface area contributed by atoms with E-state index in [1.165, 1.54) is 18.4 Å². The zero-order valence-electron chi connectivity index (χ0n) is 6.32. The molecule has 0 saturated carbocycles. The summed E-state index contributed by atoms with van der Waals surface area (Å²) < 4.78 is 0. The smallest absolute Gasteiger partial charge is 0.00400 e. The number of rotatable bonds is 5. The SMILES string of the molecule is C=C(CCN)CCCC.